The number of carbonyl (C=O) groups excluding carboxylic acids is 2. The van der Waals surface area contributed by atoms with Crippen LogP contribution in [-0.2, 0) is 16.0 Å². The Bertz CT molecular complexity index is 437. The molecule has 0 unspecified atom stereocenters. The van der Waals surface area contributed by atoms with Crippen molar-refractivity contribution in [2.75, 3.05) is 0 Å². The summed E-state index contributed by atoms with van der Waals surface area (Å²) in [7, 11) is 0. The average Bonchev–Trinajstić information content (AvgIpc) is 2.28. The molecule has 0 aliphatic heterocycles. The molecule has 1 rings (SSSR count). The third kappa shape index (κ3) is 5.99. The molecule has 0 bridgehead atoms. The maximum absolute atomic E-state index is 12.7. The monoisotopic (exact) mass is 267 g/mol. The van der Waals surface area contributed by atoms with Crippen molar-refractivity contribution in [2.24, 2.45) is 0 Å². The summed E-state index contributed by atoms with van der Waals surface area (Å²) >= 11 is 0. The first-order chi connectivity index (χ1) is 8.80. The Labute approximate surface area is 112 Å². The first-order valence-electron chi connectivity index (χ1n) is 5.99. The quantitative estimate of drug-likeness (QED) is 0.852. The van der Waals surface area contributed by atoms with E-state index in [4.69, 9.17) is 4.74 Å². The van der Waals surface area contributed by atoms with E-state index in [-0.39, 0.29) is 12.2 Å². The molecule has 4 nitrogen and oxygen atoms in total. The second-order valence-electron chi connectivity index (χ2n) is 5.29. The number of benzene rings is 1. The van der Waals surface area contributed by atoms with Gasteiger partial charge in [-0.2, -0.15) is 0 Å². The maximum atomic E-state index is 12.7. The van der Waals surface area contributed by atoms with E-state index < -0.39 is 17.7 Å². The average molecular weight is 267 g/mol. The van der Waals surface area contributed by atoms with Crippen LogP contribution >= 0.6 is 0 Å². The van der Waals surface area contributed by atoms with E-state index in [2.05, 4.69) is 5.32 Å². The molecule has 0 radical (unpaired) electrons. The smallest absolute Gasteiger partial charge is 0.408 e. The van der Waals surface area contributed by atoms with Crippen LogP contribution in [0.5, 0.6) is 0 Å². The van der Waals surface area contributed by atoms with E-state index in [0.29, 0.717) is 6.29 Å². The van der Waals surface area contributed by atoms with Crippen molar-refractivity contribution in [2.45, 2.75) is 38.8 Å². The van der Waals surface area contributed by atoms with Crippen LogP contribution in [0.3, 0.4) is 0 Å². The first-order valence-corrected chi connectivity index (χ1v) is 5.99. The Morgan fingerprint density at radius 2 is 1.95 bits per heavy atom. The van der Waals surface area contributed by atoms with E-state index in [1.807, 2.05) is 20.8 Å². The van der Waals surface area contributed by atoms with Gasteiger partial charge in [-0.15, -0.1) is 0 Å². The van der Waals surface area contributed by atoms with Crippen LogP contribution in [0.4, 0.5) is 9.18 Å². The van der Waals surface area contributed by atoms with E-state index >= 15 is 0 Å². The molecule has 0 fully saturated rings. The fraction of sp³-hybridized carbons (Fsp3) is 0.429. The molecule has 0 aromatic heterocycles. The predicted octanol–water partition coefficient (Wildman–Crippen LogP) is 2.46. The summed E-state index contributed by atoms with van der Waals surface area (Å²) in [6.07, 6.45) is -0.744. The molecule has 0 saturated heterocycles. The highest BCUT2D eigenvalue weighted by Crippen LogP contribution is 2.08. The van der Waals surface area contributed by atoms with Gasteiger partial charge >= 0.3 is 6.09 Å². The number of amides is 1. The topological polar surface area (TPSA) is 55.4 Å². The highest BCUT2D eigenvalue weighted by atomic mass is 19.1. The van der Waals surface area contributed by atoms with Crippen molar-refractivity contribution in [3.8, 4) is 0 Å². The number of nitrogens with one attached hydrogen (secondary N) is 1. The van der Waals surface area contributed by atoms with Crippen LogP contribution in [0.25, 0.3) is 0 Å². The zero-order chi connectivity index (χ0) is 14.5. The van der Waals surface area contributed by atoms with E-state index in [0.717, 1.165) is 5.56 Å². The Kier molecular flexibility index (Phi) is 5.03. The SMILES string of the molecule is CC(C)(C)NC(=O)O[C@@H](C=O)Cc1ccc(F)cc1. The maximum Gasteiger partial charge on any atom is 0.408 e. The molecule has 5 heteroatoms. The minimum Gasteiger partial charge on any atom is -0.438 e. The van der Waals surface area contributed by atoms with Gasteiger partial charge < -0.3 is 10.1 Å². The number of ether oxygens (including phenoxy) is 1. The third-order valence-corrected chi connectivity index (χ3v) is 2.24. The van der Waals surface area contributed by atoms with Gasteiger partial charge in [0.2, 0.25) is 0 Å². The zero-order valence-electron chi connectivity index (χ0n) is 11.3. The van der Waals surface area contributed by atoms with Gasteiger partial charge in [0.15, 0.2) is 12.4 Å². The summed E-state index contributed by atoms with van der Waals surface area (Å²) in [6, 6.07) is 5.70. The second-order valence-corrected chi connectivity index (χ2v) is 5.29. The number of hydrogen-bond donors (Lipinski definition) is 1. The number of halogens is 1. The Balaban J connectivity index is 2.57. The molecule has 0 aliphatic rings. The van der Waals surface area contributed by atoms with Crippen molar-refractivity contribution >= 4 is 12.4 Å². The van der Waals surface area contributed by atoms with E-state index in [1.54, 1.807) is 12.1 Å². The van der Waals surface area contributed by atoms with Crippen molar-refractivity contribution in [3.63, 3.8) is 0 Å². The highest BCUT2D eigenvalue weighted by molar-refractivity contribution is 5.71. The van der Waals surface area contributed by atoms with Crippen LogP contribution in [0.1, 0.15) is 26.3 Å². The van der Waals surface area contributed by atoms with Crippen molar-refractivity contribution in [1.29, 1.82) is 0 Å². The molecule has 1 aromatic carbocycles. The van der Waals surface area contributed by atoms with Crippen LogP contribution in [0.2, 0.25) is 0 Å². The molecule has 0 heterocycles. The van der Waals surface area contributed by atoms with Crippen LogP contribution in [0, 0.1) is 5.82 Å². The molecular weight excluding hydrogens is 249 g/mol. The van der Waals surface area contributed by atoms with Gasteiger partial charge in [-0.1, -0.05) is 12.1 Å². The lowest BCUT2D eigenvalue weighted by atomic mass is 10.1. The number of hydrogen-bond acceptors (Lipinski definition) is 3. The van der Waals surface area contributed by atoms with E-state index in [9.17, 15) is 14.0 Å². The minimum atomic E-state index is -0.882. The zero-order valence-corrected chi connectivity index (χ0v) is 11.3. The summed E-state index contributed by atoms with van der Waals surface area (Å²) < 4.78 is 17.7. The van der Waals surface area contributed by atoms with Crippen molar-refractivity contribution < 1.29 is 18.7 Å². The fourth-order valence-electron chi connectivity index (χ4n) is 1.44. The summed E-state index contributed by atoms with van der Waals surface area (Å²) in [5.41, 5.74) is 0.294. The first kappa shape index (κ1) is 15.1. The van der Waals surface area contributed by atoms with Crippen LogP contribution in [-0.4, -0.2) is 24.0 Å². The minimum absolute atomic E-state index is 0.224. The van der Waals surface area contributed by atoms with Gasteiger partial charge in [-0.3, -0.25) is 4.79 Å². The van der Waals surface area contributed by atoms with Crippen LogP contribution in [0.15, 0.2) is 24.3 Å². The van der Waals surface area contributed by atoms with Gasteiger partial charge in [-0.25, -0.2) is 9.18 Å². The van der Waals surface area contributed by atoms with Gasteiger partial charge in [0, 0.05) is 12.0 Å². The molecule has 1 atom stereocenters. The number of aldehydes is 1. The summed E-state index contributed by atoms with van der Waals surface area (Å²) in [5, 5.41) is 2.60. The molecule has 1 amide bonds. The summed E-state index contributed by atoms with van der Waals surface area (Å²) in [5.74, 6) is -0.349. The Morgan fingerprint density at radius 3 is 2.42 bits per heavy atom. The molecular formula is C14H18FNO3. The highest BCUT2D eigenvalue weighted by Gasteiger charge is 2.19. The lowest BCUT2D eigenvalue weighted by molar-refractivity contribution is -0.115. The molecule has 0 spiro atoms. The number of carbonyl (C=O) groups is 2. The summed E-state index contributed by atoms with van der Waals surface area (Å²) in [6.45, 7) is 5.43. The van der Waals surface area contributed by atoms with Crippen molar-refractivity contribution in [1.82, 2.24) is 5.32 Å². The van der Waals surface area contributed by atoms with Gasteiger partial charge in [-0.05, 0) is 38.5 Å². The van der Waals surface area contributed by atoms with Crippen molar-refractivity contribution in [3.05, 3.63) is 35.6 Å². The molecule has 1 N–H and O–H groups in total. The Hall–Kier alpha value is -1.91. The third-order valence-electron chi connectivity index (χ3n) is 2.24. The standard InChI is InChI=1S/C14H18FNO3/c1-14(2,3)16-13(18)19-12(9-17)8-10-4-6-11(15)7-5-10/h4-7,9,12H,8H2,1-3H3,(H,16,18)/t12-/m1/s1. The molecule has 0 saturated carbocycles. The summed E-state index contributed by atoms with van der Waals surface area (Å²) in [4.78, 5) is 22.4. The predicted molar refractivity (Wildman–Crippen MR) is 69.3 cm³/mol. The van der Waals surface area contributed by atoms with Gasteiger partial charge in [0.05, 0.1) is 0 Å². The lowest BCUT2D eigenvalue weighted by Crippen LogP contribution is -2.42. The van der Waals surface area contributed by atoms with E-state index in [1.165, 1.54) is 12.1 Å². The van der Waals surface area contributed by atoms with Gasteiger partial charge in [0.25, 0.3) is 0 Å². The largest absolute Gasteiger partial charge is 0.438 e. The molecule has 19 heavy (non-hydrogen) atoms. The van der Waals surface area contributed by atoms with Crippen LogP contribution < -0.4 is 5.32 Å². The lowest BCUT2D eigenvalue weighted by Gasteiger charge is -2.21. The Morgan fingerprint density at radius 1 is 1.37 bits per heavy atom. The molecule has 1 aromatic rings. The fourth-order valence-corrected chi connectivity index (χ4v) is 1.44. The second kappa shape index (κ2) is 6.31. The molecule has 104 valence electrons. The van der Waals surface area contributed by atoms with Gasteiger partial charge in [0.1, 0.15) is 5.82 Å². The number of rotatable bonds is 4. The normalized spacial score (nSPS) is 12.6. The molecule has 0 aliphatic carbocycles. The number of alkyl carbamates (subject to hydrolysis) is 1.